The Labute approximate surface area is 97.2 Å². The second kappa shape index (κ2) is 4.36. The van der Waals surface area contributed by atoms with Crippen molar-refractivity contribution in [2.45, 2.75) is 64.1 Å². The molecule has 0 bridgehead atoms. The molecule has 2 rings (SSSR count). The van der Waals surface area contributed by atoms with E-state index in [0.29, 0.717) is 11.8 Å². The number of aliphatic hydroxyl groups is 1. The summed E-state index contributed by atoms with van der Waals surface area (Å²) in [6, 6.07) is 0. The Kier molecular flexibility index (Phi) is 3.24. The minimum Gasteiger partial charge on any atom is -0.462 e. The number of fused-ring (bicyclic) bond motifs is 1. The predicted molar refractivity (Wildman–Crippen MR) is 60.9 cm³/mol. The van der Waals surface area contributed by atoms with Gasteiger partial charge < -0.3 is 9.84 Å². The summed E-state index contributed by atoms with van der Waals surface area (Å²) in [5.41, 5.74) is -0.554. The first kappa shape index (κ1) is 11.9. The van der Waals surface area contributed by atoms with E-state index in [2.05, 4.69) is 0 Å². The first-order chi connectivity index (χ1) is 7.50. The topological polar surface area (TPSA) is 46.5 Å². The first-order valence-corrected chi connectivity index (χ1v) is 6.40. The smallest absolute Gasteiger partial charge is 0.302 e. The molecule has 92 valence electrons. The largest absolute Gasteiger partial charge is 0.462 e. The van der Waals surface area contributed by atoms with Crippen LogP contribution in [0.1, 0.15) is 52.4 Å². The highest BCUT2D eigenvalue weighted by atomic mass is 16.5. The Bertz CT molecular complexity index is 272. The van der Waals surface area contributed by atoms with Crippen molar-refractivity contribution < 1.29 is 14.6 Å². The highest BCUT2D eigenvalue weighted by molar-refractivity contribution is 5.66. The average Bonchev–Trinajstić information content (AvgIpc) is 2.23. The summed E-state index contributed by atoms with van der Waals surface area (Å²) < 4.78 is 5.40. The first-order valence-electron chi connectivity index (χ1n) is 6.40. The molecule has 0 radical (unpaired) electrons. The van der Waals surface area contributed by atoms with Gasteiger partial charge in [0.25, 0.3) is 0 Å². The number of hydrogen-bond acceptors (Lipinski definition) is 3. The third kappa shape index (κ3) is 2.24. The molecular weight excluding hydrogens is 204 g/mol. The number of rotatable bonds is 1. The van der Waals surface area contributed by atoms with Gasteiger partial charge in [0.2, 0.25) is 0 Å². The van der Waals surface area contributed by atoms with Crippen molar-refractivity contribution in [3.63, 3.8) is 0 Å². The van der Waals surface area contributed by atoms with Gasteiger partial charge in [-0.15, -0.1) is 0 Å². The lowest BCUT2D eigenvalue weighted by molar-refractivity contribution is -0.167. The number of carbonyl (C=O) groups excluding carboxylic acids is 1. The number of hydrogen-bond donors (Lipinski definition) is 1. The van der Waals surface area contributed by atoms with Crippen molar-refractivity contribution >= 4 is 5.97 Å². The lowest BCUT2D eigenvalue weighted by Gasteiger charge is -2.48. The summed E-state index contributed by atoms with van der Waals surface area (Å²) in [6.45, 7) is 3.42. The van der Waals surface area contributed by atoms with Crippen LogP contribution in [0.15, 0.2) is 0 Å². The van der Waals surface area contributed by atoms with Gasteiger partial charge in [-0.2, -0.15) is 0 Å². The molecule has 0 aliphatic heterocycles. The predicted octanol–water partition coefficient (Wildman–Crippen LogP) is 2.27. The Morgan fingerprint density at radius 1 is 1.31 bits per heavy atom. The van der Waals surface area contributed by atoms with Crippen LogP contribution in [-0.2, 0) is 9.53 Å². The number of carbonyl (C=O) groups is 1. The molecule has 4 atom stereocenters. The minimum atomic E-state index is -0.554. The van der Waals surface area contributed by atoms with Crippen LogP contribution in [0.25, 0.3) is 0 Å². The highest BCUT2D eigenvalue weighted by Crippen LogP contribution is 2.46. The van der Waals surface area contributed by atoms with E-state index >= 15 is 0 Å². The van der Waals surface area contributed by atoms with Crippen LogP contribution in [0.4, 0.5) is 0 Å². The van der Waals surface area contributed by atoms with Crippen molar-refractivity contribution in [3.8, 4) is 0 Å². The van der Waals surface area contributed by atoms with E-state index in [1.54, 1.807) is 0 Å². The highest BCUT2D eigenvalue weighted by Gasteiger charge is 2.47. The lowest BCUT2D eigenvalue weighted by atomic mass is 9.62. The Morgan fingerprint density at radius 2 is 2.00 bits per heavy atom. The van der Waals surface area contributed by atoms with E-state index in [4.69, 9.17) is 4.74 Å². The van der Waals surface area contributed by atoms with Crippen molar-refractivity contribution in [2.24, 2.45) is 11.8 Å². The third-order valence-corrected chi connectivity index (χ3v) is 4.35. The van der Waals surface area contributed by atoms with Crippen molar-refractivity contribution in [1.82, 2.24) is 0 Å². The molecule has 2 saturated carbocycles. The van der Waals surface area contributed by atoms with Crippen LogP contribution in [0.2, 0.25) is 0 Å². The fourth-order valence-corrected chi connectivity index (χ4v) is 3.57. The van der Waals surface area contributed by atoms with Crippen LogP contribution in [0, 0.1) is 11.8 Å². The maximum Gasteiger partial charge on any atom is 0.302 e. The molecule has 0 aromatic heterocycles. The summed E-state index contributed by atoms with van der Waals surface area (Å²) in [7, 11) is 0. The summed E-state index contributed by atoms with van der Waals surface area (Å²) >= 11 is 0. The second-order valence-corrected chi connectivity index (χ2v) is 5.60. The van der Waals surface area contributed by atoms with Gasteiger partial charge in [-0.05, 0) is 38.5 Å². The van der Waals surface area contributed by atoms with Gasteiger partial charge in [0.1, 0.15) is 6.10 Å². The monoisotopic (exact) mass is 226 g/mol. The molecule has 2 fully saturated rings. The molecular formula is C13H22O3. The molecule has 0 amide bonds. The average molecular weight is 226 g/mol. The summed E-state index contributed by atoms with van der Waals surface area (Å²) in [5.74, 6) is 0.511. The van der Waals surface area contributed by atoms with E-state index in [-0.39, 0.29) is 12.1 Å². The van der Waals surface area contributed by atoms with E-state index in [0.717, 1.165) is 25.7 Å². The fourth-order valence-electron chi connectivity index (χ4n) is 3.57. The summed E-state index contributed by atoms with van der Waals surface area (Å²) in [6.07, 6.45) is 6.19. The number of esters is 1. The maximum absolute atomic E-state index is 11.1. The zero-order chi connectivity index (χ0) is 11.8. The van der Waals surface area contributed by atoms with Crippen molar-refractivity contribution in [2.75, 3.05) is 0 Å². The molecule has 2 aliphatic carbocycles. The second-order valence-electron chi connectivity index (χ2n) is 5.60. The van der Waals surface area contributed by atoms with Gasteiger partial charge >= 0.3 is 5.97 Å². The Balaban J connectivity index is 2.11. The molecule has 0 spiro atoms. The molecule has 0 aromatic rings. The molecule has 0 aromatic carbocycles. The van der Waals surface area contributed by atoms with Crippen LogP contribution in [-0.4, -0.2) is 22.8 Å². The van der Waals surface area contributed by atoms with Gasteiger partial charge in [0, 0.05) is 12.8 Å². The zero-order valence-corrected chi connectivity index (χ0v) is 10.2. The zero-order valence-electron chi connectivity index (χ0n) is 10.2. The fraction of sp³-hybridized carbons (Fsp3) is 0.923. The Hall–Kier alpha value is -0.570. The Morgan fingerprint density at radius 3 is 2.69 bits per heavy atom. The summed E-state index contributed by atoms with van der Waals surface area (Å²) in [4.78, 5) is 11.1. The van der Waals surface area contributed by atoms with E-state index in [1.807, 2.05) is 6.92 Å². The third-order valence-electron chi connectivity index (χ3n) is 4.35. The maximum atomic E-state index is 11.1. The van der Waals surface area contributed by atoms with Gasteiger partial charge in [0.15, 0.2) is 0 Å². The van der Waals surface area contributed by atoms with Gasteiger partial charge in [-0.1, -0.05) is 12.8 Å². The molecule has 3 nitrogen and oxygen atoms in total. The molecule has 3 heteroatoms. The van der Waals surface area contributed by atoms with Gasteiger partial charge in [-0.25, -0.2) is 0 Å². The molecule has 0 unspecified atom stereocenters. The normalized spacial score (nSPS) is 43.6. The summed E-state index contributed by atoms with van der Waals surface area (Å²) in [5, 5.41) is 10.4. The van der Waals surface area contributed by atoms with E-state index < -0.39 is 5.60 Å². The number of ether oxygens (including phenoxy) is 1. The standard InChI is InChI=1S/C13H22O3/c1-9(14)16-12-7-8-13(2,15)11-6-4-3-5-10(11)12/h10-12,15H,3-8H2,1-2H3/t10-,11-,12-,13-/m1/s1. The van der Waals surface area contributed by atoms with Crippen molar-refractivity contribution in [3.05, 3.63) is 0 Å². The minimum absolute atomic E-state index is 0.0445. The van der Waals surface area contributed by atoms with Gasteiger partial charge in [-0.3, -0.25) is 4.79 Å². The van der Waals surface area contributed by atoms with Crippen LogP contribution in [0.5, 0.6) is 0 Å². The van der Waals surface area contributed by atoms with E-state index in [9.17, 15) is 9.90 Å². The molecule has 0 saturated heterocycles. The molecule has 2 aliphatic rings. The lowest BCUT2D eigenvalue weighted by Crippen LogP contribution is -2.50. The van der Waals surface area contributed by atoms with Gasteiger partial charge in [0.05, 0.1) is 5.60 Å². The van der Waals surface area contributed by atoms with Crippen molar-refractivity contribution in [1.29, 1.82) is 0 Å². The SMILES string of the molecule is CC(=O)O[C@@H]1CC[C@@](C)(O)[C@@H]2CCCC[C@H]21. The van der Waals surface area contributed by atoms with Crippen LogP contribution < -0.4 is 0 Å². The molecule has 16 heavy (non-hydrogen) atoms. The molecule has 1 N–H and O–H groups in total. The van der Waals surface area contributed by atoms with E-state index in [1.165, 1.54) is 19.8 Å². The van der Waals surface area contributed by atoms with Crippen LogP contribution in [0.3, 0.4) is 0 Å². The molecule has 0 heterocycles. The quantitative estimate of drug-likeness (QED) is 0.698. The van der Waals surface area contributed by atoms with Crippen LogP contribution >= 0.6 is 0 Å².